The van der Waals surface area contributed by atoms with Crippen LogP contribution in [-0.4, -0.2) is 19.4 Å². The third-order valence-corrected chi connectivity index (χ3v) is 2.47. The number of hydrogen-bond donors (Lipinski definition) is 0. The molecule has 0 aromatic carbocycles. The SMILES string of the molecule is COC(=O)C1CC=C(C)CC1C=O. The van der Waals surface area contributed by atoms with Gasteiger partial charge < -0.3 is 9.53 Å². The first-order valence-corrected chi connectivity index (χ1v) is 4.37. The number of hydrogen-bond acceptors (Lipinski definition) is 3. The van der Waals surface area contributed by atoms with E-state index in [1.54, 1.807) is 0 Å². The zero-order valence-corrected chi connectivity index (χ0v) is 7.95. The zero-order chi connectivity index (χ0) is 9.84. The van der Waals surface area contributed by atoms with Crippen LogP contribution in [0.2, 0.25) is 0 Å². The lowest BCUT2D eigenvalue weighted by Crippen LogP contribution is -2.28. The minimum absolute atomic E-state index is 0.197. The van der Waals surface area contributed by atoms with Crippen LogP contribution in [0.25, 0.3) is 0 Å². The van der Waals surface area contributed by atoms with E-state index in [0.29, 0.717) is 12.8 Å². The van der Waals surface area contributed by atoms with E-state index in [0.717, 1.165) is 6.29 Å². The summed E-state index contributed by atoms with van der Waals surface area (Å²) in [4.78, 5) is 21.9. The average molecular weight is 182 g/mol. The fourth-order valence-electron chi connectivity index (χ4n) is 1.67. The number of aldehydes is 1. The van der Waals surface area contributed by atoms with Gasteiger partial charge in [0.05, 0.1) is 13.0 Å². The average Bonchev–Trinajstić information content (AvgIpc) is 2.16. The molecule has 0 aliphatic heterocycles. The van der Waals surface area contributed by atoms with E-state index < -0.39 is 0 Å². The number of rotatable bonds is 2. The summed E-state index contributed by atoms with van der Waals surface area (Å²) in [5.74, 6) is -0.746. The molecule has 2 unspecified atom stereocenters. The summed E-state index contributed by atoms with van der Waals surface area (Å²) in [6.45, 7) is 1.98. The van der Waals surface area contributed by atoms with Gasteiger partial charge in [0.2, 0.25) is 0 Å². The molecule has 13 heavy (non-hydrogen) atoms. The van der Waals surface area contributed by atoms with Crippen LogP contribution < -0.4 is 0 Å². The van der Waals surface area contributed by atoms with Crippen LogP contribution in [0.4, 0.5) is 0 Å². The Hall–Kier alpha value is -1.12. The van der Waals surface area contributed by atoms with E-state index in [-0.39, 0.29) is 17.8 Å². The summed E-state index contributed by atoms with van der Waals surface area (Å²) in [7, 11) is 1.36. The molecule has 0 N–H and O–H groups in total. The maximum atomic E-state index is 11.2. The van der Waals surface area contributed by atoms with Crippen LogP contribution in [0.5, 0.6) is 0 Å². The van der Waals surface area contributed by atoms with Gasteiger partial charge in [-0.15, -0.1) is 0 Å². The van der Waals surface area contributed by atoms with Gasteiger partial charge in [-0.3, -0.25) is 4.79 Å². The molecule has 0 fully saturated rings. The van der Waals surface area contributed by atoms with Gasteiger partial charge in [0.15, 0.2) is 0 Å². The van der Waals surface area contributed by atoms with E-state index in [1.165, 1.54) is 12.7 Å². The Morgan fingerprint density at radius 1 is 1.69 bits per heavy atom. The second kappa shape index (κ2) is 4.21. The van der Waals surface area contributed by atoms with Crippen molar-refractivity contribution in [3.8, 4) is 0 Å². The highest BCUT2D eigenvalue weighted by molar-refractivity contribution is 5.77. The second-order valence-electron chi connectivity index (χ2n) is 3.42. The molecule has 1 rings (SSSR count). The minimum Gasteiger partial charge on any atom is -0.469 e. The molecule has 1 aliphatic carbocycles. The number of methoxy groups -OCH3 is 1. The molecule has 72 valence electrons. The van der Waals surface area contributed by atoms with Gasteiger partial charge in [-0.05, 0) is 19.8 Å². The number of carbonyl (C=O) groups is 2. The van der Waals surface area contributed by atoms with Crippen molar-refractivity contribution >= 4 is 12.3 Å². The molecule has 1 aliphatic rings. The first-order chi connectivity index (χ1) is 6.19. The lowest BCUT2D eigenvalue weighted by Gasteiger charge is -2.23. The molecular weight excluding hydrogens is 168 g/mol. The molecule has 0 saturated heterocycles. The molecule has 0 radical (unpaired) electrons. The van der Waals surface area contributed by atoms with Gasteiger partial charge in [0.25, 0.3) is 0 Å². The monoisotopic (exact) mass is 182 g/mol. The third kappa shape index (κ3) is 2.17. The summed E-state index contributed by atoms with van der Waals surface area (Å²) < 4.78 is 4.63. The fourth-order valence-corrected chi connectivity index (χ4v) is 1.67. The van der Waals surface area contributed by atoms with E-state index >= 15 is 0 Å². The lowest BCUT2D eigenvalue weighted by atomic mass is 9.81. The van der Waals surface area contributed by atoms with Crippen molar-refractivity contribution in [2.75, 3.05) is 7.11 Å². The van der Waals surface area contributed by atoms with Gasteiger partial charge in [0, 0.05) is 5.92 Å². The van der Waals surface area contributed by atoms with Crippen LogP contribution in [0.15, 0.2) is 11.6 Å². The standard InChI is InChI=1S/C10H14O3/c1-7-3-4-9(10(12)13-2)8(5-7)6-11/h3,6,8-9H,4-5H2,1-2H3. The first kappa shape index (κ1) is 9.96. The van der Waals surface area contributed by atoms with E-state index in [4.69, 9.17) is 0 Å². The Kier molecular flexibility index (Phi) is 3.23. The van der Waals surface area contributed by atoms with E-state index in [9.17, 15) is 9.59 Å². The number of ether oxygens (including phenoxy) is 1. The van der Waals surface area contributed by atoms with E-state index in [1.807, 2.05) is 13.0 Å². The highest BCUT2D eigenvalue weighted by Crippen LogP contribution is 2.28. The predicted molar refractivity (Wildman–Crippen MR) is 48.1 cm³/mol. The maximum Gasteiger partial charge on any atom is 0.309 e. The largest absolute Gasteiger partial charge is 0.469 e. The molecule has 0 heterocycles. The molecule has 3 nitrogen and oxygen atoms in total. The smallest absolute Gasteiger partial charge is 0.309 e. The highest BCUT2D eigenvalue weighted by atomic mass is 16.5. The molecular formula is C10H14O3. The van der Waals surface area contributed by atoms with Gasteiger partial charge >= 0.3 is 5.97 Å². The van der Waals surface area contributed by atoms with Crippen molar-refractivity contribution < 1.29 is 14.3 Å². The number of esters is 1. The summed E-state index contributed by atoms with van der Waals surface area (Å²) in [5, 5.41) is 0. The summed E-state index contributed by atoms with van der Waals surface area (Å²) in [5.41, 5.74) is 1.18. The van der Waals surface area contributed by atoms with Crippen molar-refractivity contribution in [3.63, 3.8) is 0 Å². The lowest BCUT2D eigenvalue weighted by molar-refractivity contribution is -0.148. The minimum atomic E-state index is -0.277. The quantitative estimate of drug-likeness (QED) is 0.367. The third-order valence-electron chi connectivity index (χ3n) is 2.47. The second-order valence-corrected chi connectivity index (χ2v) is 3.42. The fraction of sp³-hybridized carbons (Fsp3) is 0.600. The molecule has 0 amide bonds. The van der Waals surface area contributed by atoms with Crippen molar-refractivity contribution in [2.24, 2.45) is 11.8 Å². The molecule has 0 saturated carbocycles. The molecule has 3 heteroatoms. The number of allylic oxidation sites excluding steroid dienone is 2. The molecule has 0 spiro atoms. The van der Waals surface area contributed by atoms with E-state index in [2.05, 4.69) is 4.74 Å². The van der Waals surface area contributed by atoms with Crippen LogP contribution in [0.3, 0.4) is 0 Å². The van der Waals surface area contributed by atoms with Crippen molar-refractivity contribution in [2.45, 2.75) is 19.8 Å². The van der Waals surface area contributed by atoms with Crippen molar-refractivity contribution in [1.82, 2.24) is 0 Å². The Labute approximate surface area is 77.8 Å². The summed E-state index contributed by atoms with van der Waals surface area (Å²) >= 11 is 0. The Morgan fingerprint density at radius 3 is 2.92 bits per heavy atom. The topological polar surface area (TPSA) is 43.4 Å². The van der Waals surface area contributed by atoms with Gasteiger partial charge in [-0.1, -0.05) is 11.6 Å². The molecule has 2 atom stereocenters. The first-order valence-electron chi connectivity index (χ1n) is 4.37. The Morgan fingerprint density at radius 2 is 2.38 bits per heavy atom. The Balaban J connectivity index is 2.74. The van der Waals surface area contributed by atoms with Crippen molar-refractivity contribution in [1.29, 1.82) is 0 Å². The maximum absolute atomic E-state index is 11.2. The normalized spacial score (nSPS) is 27.7. The Bertz CT molecular complexity index is 243. The van der Waals surface area contributed by atoms with Crippen molar-refractivity contribution in [3.05, 3.63) is 11.6 Å². The highest BCUT2D eigenvalue weighted by Gasteiger charge is 2.30. The van der Waals surface area contributed by atoms with Gasteiger partial charge in [-0.25, -0.2) is 0 Å². The zero-order valence-electron chi connectivity index (χ0n) is 7.95. The molecule has 0 bridgehead atoms. The van der Waals surface area contributed by atoms with Gasteiger partial charge in [0.1, 0.15) is 6.29 Å². The number of carbonyl (C=O) groups excluding carboxylic acids is 2. The summed E-state index contributed by atoms with van der Waals surface area (Å²) in [6.07, 6.45) is 4.17. The molecule has 0 aromatic rings. The van der Waals surface area contributed by atoms with Crippen LogP contribution in [-0.2, 0) is 14.3 Å². The van der Waals surface area contributed by atoms with Crippen LogP contribution in [0.1, 0.15) is 19.8 Å². The summed E-state index contributed by atoms with van der Waals surface area (Å²) in [6, 6.07) is 0. The van der Waals surface area contributed by atoms with Crippen LogP contribution in [0, 0.1) is 11.8 Å². The van der Waals surface area contributed by atoms with Gasteiger partial charge in [-0.2, -0.15) is 0 Å². The predicted octanol–water partition coefficient (Wildman–Crippen LogP) is 1.33. The van der Waals surface area contributed by atoms with Crippen LogP contribution >= 0.6 is 0 Å². The molecule has 0 aromatic heterocycles.